The van der Waals surface area contributed by atoms with Crippen molar-refractivity contribution in [2.45, 2.75) is 45.1 Å². The highest BCUT2D eigenvalue weighted by Gasteiger charge is 2.22. The lowest BCUT2D eigenvalue weighted by Crippen LogP contribution is -2.28. The predicted octanol–water partition coefficient (Wildman–Crippen LogP) is 2.71. The van der Waals surface area contributed by atoms with Gasteiger partial charge in [0.05, 0.1) is 27.4 Å². The van der Waals surface area contributed by atoms with Crippen LogP contribution in [0, 0.1) is 11.3 Å². The van der Waals surface area contributed by atoms with Crippen LogP contribution in [0.15, 0.2) is 16.7 Å². The Balaban J connectivity index is 2.08. The molecule has 9 heteroatoms. The van der Waals surface area contributed by atoms with Gasteiger partial charge in [-0.05, 0) is 17.7 Å². The maximum absolute atomic E-state index is 12.4. The van der Waals surface area contributed by atoms with Crippen LogP contribution in [0.4, 0.5) is 0 Å². The van der Waals surface area contributed by atoms with E-state index in [0.29, 0.717) is 34.5 Å². The summed E-state index contributed by atoms with van der Waals surface area (Å²) in [6, 6.07) is 4.45. The Morgan fingerprint density at radius 1 is 1.21 bits per heavy atom. The van der Waals surface area contributed by atoms with Gasteiger partial charge in [-0.2, -0.15) is 10.2 Å². The highest BCUT2D eigenvalue weighted by atomic mass is 16.5. The normalized spacial score (nSPS) is 12.0. The summed E-state index contributed by atoms with van der Waals surface area (Å²) < 4.78 is 21.1. The largest absolute Gasteiger partial charge is 0.493 e. The van der Waals surface area contributed by atoms with E-state index in [1.54, 1.807) is 12.1 Å². The first-order valence-electron chi connectivity index (χ1n) is 9.05. The van der Waals surface area contributed by atoms with E-state index in [4.69, 9.17) is 18.7 Å². The number of nitrogens with zero attached hydrogens (tertiary/aromatic N) is 3. The average Bonchev–Trinajstić information content (AvgIpc) is 3.18. The molecule has 0 fully saturated rings. The zero-order chi connectivity index (χ0) is 21.6. The molecule has 0 radical (unpaired) electrons. The molecule has 1 aromatic carbocycles. The van der Waals surface area contributed by atoms with E-state index in [1.165, 1.54) is 21.3 Å². The Bertz CT molecular complexity index is 870. The molecule has 0 saturated heterocycles. The number of carbonyl (C=O) groups is 1. The SMILES string of the molecule is COc1cc(C(C#N)NC(=O)CCc2nc(C(C)(C)C)no2)cc(OC)c1OC. The summed E-state index contributed by atoms with van der Waals surface area (Å²) in [4.78, 5) is 16.7. The first kappa shape index (κ1) is 22.0. The average molecular weight is 402 g/mol. The van der Waals surface area contributed by atoms with Crippen molar-refractivity contribution in [2.75, 3.05) is 21.3 Å². The van der Waals surface area contributed by atoms with E-state index in [9.17, 15) is 10.1 Å². The molecular weight excluding hydrogens is 376 g/mol. The second-order valence-corrected chi connectivity index (χ2v) is 7.35. The van der Waals surface area contributed by atoms with E-state index in [1.807, 2.05) is 20.8 Å². The second kappa shape index (κ2) is 9.28. The van der Waals surface area contributed by atoms with E-state index in [0.717, 1.165) is 0 Å². The van der Waals surface area contributed by atoms with Gasteiger partial charge in [0.25, 0.3) is 0 Å². The van der Waals surface area contributed by atoms with Crippen LogP contribution in [0.1, 0.15) is 50.5 Å². The molecule has 0 saturated carbocycles. The third-order valence-electron chi connectivity index (χ3n) is 4.16. The molecule has 1 heterocycles. The van der Waals surface area contributed by atoms with E-state index < -0.39 is 6.04 Å². The number of nitrogens with one attached hydrogen (secondary N) is 1. The van der Waals surface area contributed by atoms with Crippen molar-refractivity contribution in [2.24, 2.45) is 0 Å². The van der Waals surface area contributed by atoms with Gasteiger partial charge in [-0.1, -0.05) is 25.9 Å². The highest BCUT2D eigenvalue weighted by molar-refractivity contribution is 5.77. The monoisotopic (exact) mass is 402 g/mol. The number of carbonyl (C=O) groups excluding carboxylic acids is 1. The van der Waals surface area contributed by atoms with Crippen molar-refractivity contribution in [3.05, 3.63) is 29.4 Å². The third-order valence-corrected chi connectivity index (χ3v) is 4.16. The topological polar surface area (TPSA) is 120 Å². The minimum atomic E-state index is -0.885. The molecule has 2 rings (SSSR count). The molecule has 29 heavy (non-hydrogen) atoms. The van der Waals surface area contributed by atoms with Crippen LogP contribution in [0.2, 0.25) is 0 Å². The van der Waals surface area contributed by atoms with Gasteiger partial charge >= 0.3 is 0 Å². The van der Waals surface area contributed by atoms with Crippen molar-refractivity contribution in [3.8, 4) is 23.3 Å². The van der Waals surface area contributed by atoms with Crippen molar-refractivity contribution in [3.63, 3.8) is 0 Å². The first-order chi connectivity index (χ1) is 13.7. The van der Waals surface area contributed by atoms with Crippen LogP contribution in [-0.4, -0.2) is 37.4 Å². The lowest BCUT2D eigenvalue weighted by Gasteiger charge is -2.17. The molecule has 1 unspecified atom stereocenters. The molecule has 1 aromatic heterocycles. The molecule has 0 spiro atoms. The van der Waals surface area contributed by atoms with Crippen LogP contribution in [0.5, 0.6) is 17.2 Å². The number of benzene rings is 1. The van der Waals surface area contributed by atoms with Crippen LogP contribution in [-0.2, 0) is 16.6 Å². The van der Waals surface area contributed by atoms with Crippen molar-refractivity contribution < 1.29 is 23.5 Å². The van der Waals surface area contributed by atoms with E-state index >= 15 is 0 Å². The van der Waals surface area contributed by atoms with Crippen LogP contribution in [0.25, 0.3) is 0 Å². The Labute approximate surface area is 169 Å². The molecule has 2 aromatic rings. The van der Waals surface area contributed by atoms with Gasteiger partial charge in [-0.3, -0.25) is 4.79 Å². The van der Waals surface area contributed by atoms with Crippen LogP contribution in [0.3, 0.4) is 0 Å². The van der Waals surface area contributed by atoms with Gasteiger partial charge in [0.15, 0.2) is 17.3 Å². The van der Waals surface area contributed by atoms with Gasteiger partial charge in [0, 0.05) is 18.3 Å². The number of hydrogen-bond donors (Lipinski definition) is 1. The fourth-order valence-electron chi connectivity index (χ4n) is 2.57. The number of ether oxygens (including phenoxy) is 3. The van der Waals surface area contributed by atoms with E-state index in [-0.39, 0.29) is 24.2 Å². The van der Waals surface area contributed by atoms with Gasteiger partial charge in [-0.15, -0.1) is 0 Å². The zero-order valence-corrected chi connectivity index (χ0v) is 17.5. The quantitative estimate of drug-likeness (QED) is 0.716. The third kappa shape index (κ3) is 5.38. The highest BCUT2D eigenvalue weighted by Crippen LogP contribution is 2.39. The Hall–Kier alpha value is -3.28. The minimum absolute atomic E-state index is 0.106. The fraction of sp³-hybridized carbons (Fsp3) is 0.500. The van der Waals surface area contributed by atoms with Crippen molar-refractivity contribution in [1.82, 2.24) is 15.5 Å². The number of rotatable bonds is 8. The summed E-state index contributed by atoms with van der Waals surface area (Å²) in [6.45, 7) is 5.93. The molecule has 0 aliphatic heterocycles. The zero-order valence-electron chi connectivity index (χ0n) is 17.5. The predicted molar refractivity (Wildman–Crippen MR) is 104 cm³/mol. The molecular formula is C20H26N4O5. The maximum atomic E-state index is 12.4. The lowest BCUT2D eigenvalue weighted by molar-refractivity contribution is -0.121. The van der Waals surface area contributed by atoms with Crippen LogP contribution < -0.4 is 19.5 Å². The summed E-state index contributed by atoms with van der Waals surface area (Å²) in [7, 11) is 4.46. The molecule has 9 nitrogen and oxygen atoms in total. The van der Waals surface area contributed by atoms with Crippen LogP contribution >= 0.6 is 0 Å². The fourth-order valence-corrected chi connectivity index (χ4v) is 2.57. The Morgan fingerprint density at radius 2 is 1.83 bits per heavy atom. The number of hydrogen-bond acceptors (Lipinski definition) is 8. The molecule has 0 aliphatic carbocycles. The summed E-state index contributed by atoms with van der Waals surface area (Å²) in [6.07, 6.45) is 0.386. The molecule has 1 N–H and O–H groups in total. The Kier molecular flexibility index (Phi) is 7.04. The van der Waals surface area contributed by atoms with Crippen molar-refractivity contribution >= 4 is 5.91 Å². The Morgan fingerprint density at radius 3 is 2.28 bits per heavy atom. The number of amides is 1. The summed E-state index contributed by atoms with van der Waals surface area (Å²) in [5.41, 5.74) is 0.283. The maximum Gasteiger partial charge on any atom is 0.227 e. The van der Waals surface area contributed by atoms with E-state index in [2.05, 4.69) is 21.5 Å². The lowest BCUT2D eigenvalue weighted by atomic mass is 9.96. The summed E-state index contributed by atoms with van der Waals surface area (Å²) in [5.74, 6) is 1.86. The van der Waals surface area contributed by atoms with Crippen molar-refractivity contribution in [1.29, 1.82) is 5.26 Å². The molecule has 1 atom stereocenters. The smallest absolute Gasteiger partial charge is 0.227 e. The minimum Gasteiger partial charge on any atom is -0.493 e. The number of nitriles is 1. The number of aromatic nitrogens is 2. The standard InChI is InChI=1S/C20H26N4O5/c1-20(2,3)19-23-17(29-24-19)8-7-16(25)22-13(11-21)12-9-14(26-4)18(28-6)15(10-12)27-5/h9-10,13H,7-8H2,1-6H3,(H,22,25). The van der Waals surface area contributed by atoms with Gasteiger partial charge in [-0.25, -0.2) is 0 Å². The first-order valence-corrected chi connectivity index (χ1v) is 9.05. The van der Waals surface area contributed by atoms with Gasteiger partial charge in [0.1, 0.15) is 6.04 Å². The molecule has 156 valence electrons. The van der Waals surface area contributed by atoms with Gasteiger partial charge < -0.3 is 24.1 Å². The summed E-state index contributed by atoms with van der Waals surface area (Å²) >= 11 is 0. The molecule has 0 aliphatic rings. The van der Waals surface area contributed by atoms with Gasteiger partial charge in [0.2, 0.25) is 17.5 Å². The number of aryl methyl sites for hydroxylation is 1. The summed E-state index contributed by atoms with van der Waals surface area (Å²) in [5, 5.41) is 16.2. The second-order valence-electron chi connectivity index (χ2n) is 7.35. The molecule has 0 bridgehead atoms. The molecule has 1 amide bonds. The number of methoxy groups -OCH3 is 3.